The summed E-state index contributed by atoms with van der Waals surface area (Å²) in [7, 11) is 0. The molecular weight excluding hydrogens is 1170 g/mol. The number of amides is 1. The van der Waals surface area contributed by atoms with Gasteiger partial charge < -0.3 is 89.9 Å². The van der Waals surface area contributed by atoms with E-state index in [-0.39, 0.29) is 18.9 Å². The number of hydrogen-bond acceptors (Lipinski definition) is 18. The Kier molecular flexibility index (Phi) is 46.6. The van der Waals surface area contributed by atoms with Crippen LogP contribution in [0.5, 0.6) is 0 Å². The van der Waals surface area contributed by atoms with Crippen molar-refractivity contribution in [1.29, 1.82) is 0 Å². The minimum absolute atomic E-state index is 0.213. The first-order chi connectivity index (χ1) is 44.3. The molecule has 0 radical (unpaired) electrons. The topological polar surface area (TPSA) is 307 Å². The van der Waals surface area contributed by atoms with Crippen molar-refractivity contribution in [3.63, 3.8) is 0 Å². The van der Waals surface area contributed by atoms with Crippen molar-refractivity contribution in [3.05, 3.63) is 134 Å². The molecule has 1 amide bonds. The third-order valence-corrected chi connectivity index (χ3v) is 15.9. The predicted molar refractivity (Wildman–Crippen MR) is 355 cm³/mol. The number of carbonyl (C=O) groups is 1. The van der Waals surface area contributed by atoms with Gasteiger partial charge in [0.1, 0.15) is 73.2 Å². The average molecular weight is 1280 g/mol. The van der Waals surface area contributed by atoms with E-state index >= 15 is 0 Å². The molecule has 3 aliphatic heterocycles. The van der Waals surface area contributed by atoms with E-state index in [0.29, 0.717) is 12.8 Å². The second kappa shape index (κ2) is 52.2. The molecule has 0 aliphatic carbocycles. The zero-order valence-electron chi connectivity index (χ0n) is 54.5. The number of unbranched alkanes of at least 4 members (excludes halogenated alkanes) is 13. The first-order valence-corrected chi connectivity index (χ1v) is 33.9. The number of rotatable bonds is 49. The summed E-state index contributed by atoms with van der Waals surface area (Å²) < 4.78 is 34.2. The van der Waals surface area contributed by atoms with Crippen molar-refractivity contribution < 1.29 is 89.4 Å². The van der Waals surface area contributed by atoms with Crippen LogP contribution in [-0.2, 0) is 33.2 Å². The van der Waals surface area contributed by atoms with Gasteiger partial charge in [0, 0.05) is 6.42 Å². The fourth-order valence-electron chi connectivity index (χ4n) is 10.4. The quantitative estimate of drug-likeness (QED) is 0.0200. The molecule has 3 aliphatic rings. The van der Waals surface area contributed by atoms with Gasteiger partial charge in [-0.15, -0.1) is 0 Å². The van der Waals surface area contributed by atoms with E-state index in [1.807, 2.05) is 6.08 Å². The largest absolute Gasteiger partial charge is 0.394 e. The number of hydrogen-bond donors (Lipinski definition) is 12. The molecule has 0 aromatic carbocycles. The third kappa shape index (κ3) is 34.3. The fourth-order valence-corrected chi connectivity index (χ4v) is 10.4. The lowest BCUT2D eigenvalue weighted by molar-refractivity contribution is -0.379. The standard InChI is InChI=1S/C72H117NO18/c1-3-5-7-9-11-13-15-16-17-18-19-20-21-22-23-24-25-26-27-28-29-30-31-32-33-34-35-36-37-38-40-42-44-46-48-50-60(78)73-55(56(77)49-47-45-43-41-39-14-12-10-8-6-4-2)54-86-70-66(84)63(81)68(58(52-75)88-70)91-72-67(85)64(82)69(59(53-76)89-72)90-71-65(83)62(80)61(79)57(51-74)87-71/h5,7,11,13,16-17,19-20,22-23,25-26,28-29,31-32,34-35,39,41,47,49,55-59,61-72,74-77,79-85H,3-4,6,8-10,12,14-15,18,21,24,27,30,33,36-38,40,42-46,48,50-54H2,1-2H3,(H,73,78)/b7-5-,13-11-,17-16-,20-19-,23-22-,26-25-,29-28-,32-31-,35-34-,41-39+,49-47+. The highest BCUT2D eigenvalue weighted by Gasteiger charge is 2.53. The third-order valence-electron chi connectivity index (χ3n) is 15.9. The molecule has 3 heterocycles. The van der Waals surface area contributed by atoms with Gasteiger partial charge in [-0.3, -0.25) is 4.79 Å². The number of ether oxygens (including phenoxy) is 6. The lowest BCUT2D eigenvalue weighted by Gasteiger charge is -2.48. The van der Waals surface area contributed by atoms with Crippen LogP contribution in [0.2, 0.25) is 0 Å². The molecule has 17 atom stereocenters. The summed E-state index contributed by atoms with van der Waals surface area (Å²) in [6.45, 7) is 1.52. The lowest BCUT2D eigenvalue weighted by Crippen LogP contribution is -2.66. The van der Waals surface area contributed by atoms with Gasteiger partial charge in [0.05, 0.1) is 38.6 Å². The number of aliphatic hydroxyl groups excluding tert-OH is 11. The summed E-state index contributed by atoms with van der Waals surface area (Å²) in [4.78, 5) is 13.4. The van der Waals surface area contributed by atoms with E-state index in [1.165, 1.54) is 25.7 Å². The molecule has 19 nitrogen and oxygen atoms in total. The van der Waals surface area contributed by atoms with Gasteiger partial charge in [0.25, 0.3) is 0 Å². The van der Waals surface area contributed by atoms with Crippen molar-refractivity contribution in [2.24, 2.45) is 0 Å². The molecule has 0 aromatic heterocycles. The number of aliphatic hydroxyl groups is 11. The molecule has 3 rings (SSSR count). The van der Waals surface area contributed by atoms with Crippen molar-refractivity contribution >= 4 is 5.91 Å². The summed E-state index contributed by atoms with van der Waals surface area (Å²) >= 11 is 0. The van der Waals surface area contributed by atoms with Crippen LogP contribution in [0.1, 0.15) is 181 Å². The van der Waals surface area contributed by atoms with E-state index in [9.17, 15) is 61.0 Å². The average Bonchev–Trinajstić information content (AvgIpc) is 1.05. The summed E-state index contributed by atoms with van der Waals surface area (Å²) in [5.74, 6) is -0.306. The summed E-state index contributed by atoms with van der Waals surface area (Å²) in [5.41, 5.74) is 0. The van der Waals surface area contributed by atoms with Crippen molar-refractivity contribution in [2.45, 2.75) is 285 Å². The van der Waals surface area contributed by atoms with Gasteiger partial charge in [-0.05, 0) is 103 Å². The van der Waals surface area contributed by atoms with E-state index in [2.05, 4.69) is 141 Å². The summed E-state index contributed by atoms with van der Waals surface area (Å²) in [5, 5.41) is 120. The molecule has 3 saturated heterocycles. The van der Waals surface area contributed by atoms with Gasteiger partial charge in [-0.25, -0.2) is 0 Å². The fraction of sp³-hybridized carbons (Fsp3) is 0.681. The molecule has 0 saturated carbocycles. The van der Waals surface area contributed by atoms with E-state index in [4.69, 9.17) is 28.4 Å². The first kappa shape index (κ1) is 81.2. The minimum Gasteiger partial charge on any atom is -0.394 e. The van der Waals surface area contributed by atoms with Crippen LogP contribution in [0.25, 0.3) is 0 Å². The minimum atomic E-state index is -1.99. The number of carbonyl (C=O) groups excluding carboxylic acids is 1. The Bertz CT molecular complexity index is 2170. The highest BCUT2D eigenvalue weighted by Crippen LogP contribution is 2.33. The highest BCUT2D eigenvalue weighted by molar-refractivity contribution is 5.76. The monoisotopic (exact) mass is 1280 g/mol. The smallest absolute Gasteiger partial charge is 0.220 e. The Labute approximate surface area is 543 Å². The van der Waals surface area contributed by atoms with Crippen LogP contribution in [-0.4, -0.2) is 193 Å². The van der Waals surface area contributed by atoms with Crippen molar-refractivity contribution in [2.75, 3.05) is 26.4 Å². The van der Waals surface area contributed by atoms with Gasteiger partial charge in [0.2, 0.25) is 5.91 Å². The predicted octanol–water partition coefficient (Wildman–Crippen LogP) is 8.60. The maximum Gasteiger partial charge on any atom is 0.220 e. The van der Waals surface area contributed by atoms with E-state index in [0.717, 1.165) is 122 Å². The molecular formula is C72H117NO18. The maximum atomic E-state index is 13.4. The molecule has 0 aromatic rings. The Balaban J connectivity index is 1.38. The van der Waals surface area contributed by atoms with E-state index < -0.39 is 124 Å². The van der Waals surface area contributed by atoms with E-state index in [1.54, 1.807) is 6.08 Å². The first-order valence-electron chi connectivity index (χ1n) is 33.9. The number of nitrogens with one attached hydrogen (secondary N) is 1. The zero-order chi connectivity index (χ0) is 66.1. The van der Waals surface area contributed by atoms with Gasteiger partial charge in [-0.1, -0.05) is 205 Å². The lowest BCUT2D eigenvalue weighted by atomic mass is 9.96. The second-order valence-corrected chi connectivity index (χ2v) is 23.5. The Morgan fingerprint density at radius 2 is 0.769 bits per heavy atom. The maximum absolute atomic E-state index is 13.4. The van der Waals surface area contributed by atoms with Crippen LogP contribution >= 0.6 is 0 Å². The second-order valence-electron chi connectivity index (χ2n) is 23.5. The SMILES string of the molecule is CC/C=C\C/C=C\C/C=C\C/C=C\C/C=C\C/C=C\C/C=C\C/C=C\C/C=C\CCCCCCCCCC(=O)NC(COC1OC(CO)C(OC2OC(CO)C(OC3OC(CO)C(O)C(O)C3O)C(O)C2O)C(O)C1O)C(O)/C=C/CC/C=C/CCCCCCC. The molecule has 518 valence electrons. The van der Waals surface area contributed by atoms with Gasteiger partial charge in [-0.2, -0.15) is 0 Å². The molecule has 3 fully saturated rings. The van der Waals surface area contributed by atoms with Crippen LogP contribution < -0.4 is 5.32 Å². The summed E-state index contributed by atoms with van der Waals surface area (Å²) in [6, 6.07) is -1.00. The molecule has 12 N–H and O–H groups in total. The van der Waals surface area contributed by atoms with Crippen LogP contribution in [0.3, 0.4) is 0 Å². The highest BCUT2D eigenvalue weighted by atomic mass is 16.8. The normalized spacial score (nSPS) is 28.7. The Morgan fingerprint density at radius 1 is 0.407 bits per heavy atom. The van der Waals surface area contributed by atoms with Crippen molar-refractivity contribution in [3.8, 4) is 0 Å². The Hall–Kier alpha value is -4.07. The molecule has 91 heavy (non-hydrogen) atoms. The zero-order valence-corrected chi connectivity index (χ0v) is 54.5. The van der Waals surface area contributed by atoms with Crippen molar-refractivity contribution in [1.82, 2.24) is 5.32 Å². The van der Waals surface area contributed by atoms with Crippen LogP contribution in [0, 0.1) is 0 Å². The molecule has 17 unspecified atom stereocenters. The van der Waals surface area contributed by atoms with Gasteiger partial charge in [0.15, 0.2) is 18.9 Å². The molecule has 0 spiro atoms. The number of allylic oxidation sites excluding steroid dienone is 21. The van der Waals surface area contributed by atoms with Crippen LogP contribution in [0.15, 0.2) is 134 Å². The Morgan fingerprint density at radius 3 is 1.23 bits per heavy atom. The summed E-state index contributed by atoms with van der Waals surface area (Å²) in [6.07, 6.45) is 45.9. The molecule has 19 heteroatoms. The van der Waals surface area contributed by atoms with Gasteiger partial charge >= 0.3 is 0 Å². The van der Waals surface area contributed by atoms with Crippen LogP contribution in [0.4, 0.5) is 0 Å². The molecule has 0 bridgehead atoms.